The minimum atomic E-state index is -1.55. The van der Waals surface area contributed by atoms with Crippen molar-refractivity contribution in [2.75, 3.05) is 19.9 Å². The van der Waals surface area contributed by atoms with E-state index in [2.05, 4.69) is 10.4 Å². The minimum Gasteiger partial charge on any atom is -0.328 e. The van der Waals surface area contributed by atoms with Crippen LogP contribution in [0.25, 0.3) is 11.3 Å². The van der Waals surface area contributed by atoms with E-state index in [1.807, 2.05) is 31.2 Å². The molecule has 0 spiro atoms. The summed E-state index contributed by atoms with van der Waals surface area (Å²) in [6.07, 6.45) is 0.741. The predicted octanol–water partition coefficient (Wildman–Crippen LogP) is 2.89. The molecule has 27 heavy (non-hydrogen) atoms. The summed E-state index contributed by atoms with van der Waals surface area (Å²) >= 11 is 0. The van der Waals surface area contributed by atoms with Gasteiger partial charge in [0.25, 0.3) is 0 Å². The number of nitrogens with zero attached hydrogens (tertiary/aromatic N) is 3. The van der Waals surface area contributed by atoms with Gasteiger partial charge in [0.15, 0.2) is 6.29 Å². The molecule has 0 fully saturated rings. The van der Waals surface area contributed by atoms with Crippen molar-refractivity contribution in [2.45, 2.75) is 32.5 Å². The Balaban J connectivity index is 1.88. The average Bonchev–Trinajstić information content (AvgIpc) is 3.05. The van der Waals surface area contributed by atoms with Crippen LogP contribution in [-0.4, -0.2) is 52.4 Å². The summed E-state index contributed by atoms with van der Waals surface area (Å²) < 4.78 is 27.8. The number of aryl methyl sites for hydroxylation is 1. The van der Waals surface area contributed by atoms with Crippen LogP contribution in [0.2, 0.25) is 0 Å². The largest absolute Gasteiger partial charge is 0.328 e. The number of nitrogens with one attached hydrogen (secondary N) is 1. The number of fused-ring (bicyclic) bond motifs is 1. The second kappa shape index (κ2) is 7.46. The number of halogens is 2. The first kappa shape index (κ1) is 19.0. The molecular formula is C19H22F2N4O2. The van der Waals surface area contributed by atoms with Gasteiger partial charge >= 0.3 is 6.03 Å². The molecule has 1 aromatic carbocycles. The van der Waals surface area contributed by atoms with Crippen LogP contribution in [0, 0.1) is 6.92 Å². The van der Waals surface area contributed by atoms with E-state index in [9.17, 15) is 18.4 Å². The highest BCUT2D eigenvalue weighted by atomic mass is 19.1. The summed E-state index contributed by atoms with van der Waals surface area (Å²) in [6, 6.07) is 7.12. The molecule has 1 aromatic heterocycles. The lowest BCUT2D eigenvalue weighted by molar-refractivity contribution is 0.111. The van der Waals surface area contributed by atoms with Crippen molar-refractivity contribution < 1.29 is 18.4 Å². The fraction of sp³-hybridized carbons (Fsp3) is 0.421. The number of carbonyl (C=O) groups is 2. The zero-order valence-corrected chi connectivity index (χ0v) is 15.3. The first-order valence-electron chi connectivity index (χ1n) is 8.71. The number of amides is 2. The summed E-state index contributed by atoms with van der Waals surface area (Å²) in [5.74, 6) is 0. The molecule has 1 aliphatic heterocycles. The molecule has 0 radical (unpaired) electrons. The Morgan fingerprint density at radius 2 is 2.07 bits per heavy atom. The third kappa shape index (κ3) is 3.70. The maximum Gasteiger partial charge on any atom is 0.318 e. The number of aromatic nitrogens is 2. The molecule has 0 bridgehead atoms. The first-order chi connectivity index (χ1) is 12.9. The van der Waals surface area contributed by atoms with E-state index in [1.165, 1.54) is 11.8 Å². The van der Waals surface area contributed by atoms with Gasteiger partial charge in [0.05, 0.1) is 29.9 Å². The second-order valence-corrected chi connectivity index (χ2v) is 7.10. The Kier molecular flexibility index (Phi) is 5.25. The van der Waals surface area contributed by atoms with Crippen LogP contribution >= 0.6 is 0 Å². The molecule has 0 saturated heterocycles. The van der Waals surface area contributed by atoms with E-state index in [0.717, 1.165) is 17.4 Å². The molecule has 6 nitrogen and oxygen atoms in total. The SMILES string of the molecule is Cc1cccc(-c2nn3c(c2C=O)CN(C(=O)NC(C)(CF)CF)CC3)c1. The monoisotopic (exact) mass is 376 g/mol. The molecular weight excluding hydrogens is 354 g/mol. The van der Waals surface area contributed by atoms with Crippen LogP contribution in [0.1, 0.15) is 28.5 Å². The fourth-order valence-electron chi connectivity index (χ4n) is 3.08. The topological polar surface area (TPSA) is 67.2 Å². The molecule has 2 amide bonds. The zero-order valence-electron chi connectivity index (χ0n) is 15.3. The Morgan fingerprint density at radius 1 is 1.33 bits per heavy atom. The zero-order chi connectivity index (χ0) is 19.6. The summed E-state index contributed by atoms with van der Waals surface area (Å²) in [4.78, 5) is 25.6. The van der Waals surface area contributed by atoms with Crippen molar-refractivity contribution in [3.63, 3.8) is 0 Å². The average molecular weight is 376 g/mol. The number of urea groups is 1. The lowest BCUT2D eigenvalue weighted by atomic mass is 10.0. The van der Waals surface area contributed by atoms with Crippen LogP contribution in [0.15, 0.2) is 24.3 Å². The number of hydrogen-bond donors (Lipinski definition) is 1. The number of alkyl halides is 2. The van der Waals surface area contributed by atoms with E-state index in [1.54, 1.807) is 4.68 Å². The maximum absolute atomic E-state index is 13.0. The molecule has 3 rings (SSSR count). The van der Waals surface area contributed by atoms with Crippen molar-refractivity contribution in [3.8, 4) is 11.3 Å². The van der Waals surface area contributed by atoms with Gasteiger partial charge in [0.2, 0.25) is 0 Å². The fourth-order valence-corrected chi connectivity index (χ4v) is 3.08. The molecule has 1 aliphatic rings. The van der Waals surface area contributed by atoms with Crippen molar-refractivity contribution in [2.24, 2.45) is 0 Å². The van der Waals surface area contributed by atoms with Gasteiger partial charge in [-0.25, -0.2) is 13.6 Å². The van der Waals surface area contributed by atoms with E-state index in [0.29, 0.717) is 30.0 Å². The number of carbonyl (C=O) groups excluding carboxylic acids is 2. The van der Waals surface area contributed by atoms with E-state index in [-0.39, 0.29) is 6.54 Å². The highest BCUT2D eigenvalue weighted by Gasteiger charge is 2.32. The Labute approximate surface area is 156 Å². The quantitative estimate of drug-likeness (QED) is 0.816. The van der Waals surface area contributed by atoms with E-state index >= 15 is 0 Å². The molecule has 0 unspecified atom stereocenters. The van der Waals surface area contributed by atoms with Gasteiger partial charge in [0.1, 0.15) is 19.0 Å². The highest BCUT2D eigenvalue weighted by molar-refractivity contribution is 5.88. The number of benzene rings is 1. The van der Waals surface area contributed by atoms with Crippen LogP contribution in [0.3, 0.4) is 0 Å². The van der Waals surface area contributed by atoms with E-state index in [4.69, 9.17) is 0 Å². The first-order valence-corrected chi connectivity index (χ1v) is 8.71. The Morgan fingerprint density at radius 3 is 2.70 bits per heavy atom. The molecule has 8 heteroatoms. The molecule has 2 aromatic rings. The summed E-state index contributed by atoms with van der Waals surface area (Å²) in [6.45, 7) is 2.15. The molecule has 2 heterocycles. The third-order valence-electron chi connectivity index (χ3n) is 4.72. The summed E-state index contributed by atoms with van der Waals surface area (Å²) in [7, 11) is 0. The molecule has 0 atom stereocenters. The van der Waals surface area contributed by atoms with Gasteiger partial charge in [0, 0.05) is 12.1 Å². The van der Waals surface area contributed by atoms with Gasteiger partial charge < -0.3 is 10.2 Å². The van der Waals surface area contributed by atoms with Crippen molar-refractivity contribution in [1.82, 2.24) is 20.0 Å². The van der Waals surface area contributed by atoms with Gasteiger partial charge in [-0.3, -0.25) is 9.48 Å². The van der Waals surface area contributed by atoms with Gasteiger partial charge in [-0.2, -0.15) is 5.10 Å². The van der Waals surface area contributed by atoms with Gasteiger partial charge in [-0.05, 0) is 19.9 Å². The van der Waals surface area contributed by atoms with Crippen molar-refractivity contribution >= 4 is 12.3 Å². The summed E-state index contributed by atoms with van der Waals surface area (Å²) in [5, 5.41) is 6.94. The standard InChI is InChI=1S/C19H22F2N4O2/c1-13-4-3-5-14(8-13)17-15(10-26)16-9-24(6-7-25(16)23-17)18(27)22-19(2,11-20)12-21/h3-5,8,10H,6-7,9,11-12H2,1-2H3,(H,22,27). The highest BCUT2D eigenvalue weighted by Crippen LogP contribution is 2.28. The Hall–Kier alpha value is -2.77. The van der Waals surface area contributed by atoms with Crippen LogP contribution in [-0.2, 0) is 13.1 Å². The van der Waals surface area contributed by atoms with Gasteiger partial charge in [-0.15, -0.1) is 0 Å². The number of aldehydes is 1. The van der Waals surface area contributed by atoms with Crippen molar-refractivity contribution in [3.05, 3.63) is 41.1 Å². The molecule has 0 aliphatic carbocycles. The Bertz CT molecular complexity index is 861. The second-order valence-electron chi connectivity index (χ2n) is 7.10. The number of hydrogen-bond acceptors (Lipinski definition) is 3. The summed E-state index contributed by atoms with van der Waals surface area (Å²) in [5.41, 5.74) is 1.95. The normalized spacial score (nSPS) is 14.0. The lowest BCUT2D eigenvalue weighted by Crippen LogP contribution is -2.55. The number of rotatable bonds is 5. The van der Waals surface area contributed by atoms with Gasteiger partial charge in [-0.1, -0.05) is 23.8 Å². The maximum atomic E-state index is 13.0. The minimum absolute atomic E-state index is 0.146. The molecule has 144 valence electrons. The van der Waals surface area contributed by atoms with Crippen LogP contribution in [0.4, 0.5) is 13.6 Å². The smallest absolute Gasteiger partial charge is 0.318 e. The van der Waals surface area contributed by atoms with Crippen LogP contribution in [0.5, 0.6) is 0 Å². The predicted molar refractivity (Wildman–Crippen MR) is 97.1 cm³/mol. The molecule has 0 saturated carbocycles. The van der Waals surface area contributed by atoms with Crippen LogP contribution < -0.4 is 5.32 Å². The lowest BCUT2D eigenvalue weighted by Gasteiger charge is -2.32. The third-order valence-corrected chi connectivity index (χ3v) is 4.72. The van der Waals surface area contributed by atoms with Crippen molar-refractivity contribution in [1.29, 1.82) is 0 Å². The van der Waals surface area contributed by atoms with E-state index < -0.39 is 24.9 Å². The molecule has 1 N–H and O–H groups in total.